The smallest absolute Gasteiger partial charge is 0.221 e. The van der Waals surface area contributed by atoms with E-state index in [9.17, 15) is 4.79 Å². The van der Waals surface area contributed by atoms with Gasteiger partial charge >= 0.3 is 0 Å². The molecular formula is C21H27N3O. The van der Waals surface area contributed by atoms with Crippen LogP contribution in [0.1, 0.15) is 25.3 Å². The van der Waals surface area contributed by atoms with E-state index in [1.54, 1.807) is 6.92 Å². The highest BCUT2D eigenvalue weighted by Gasteiger charge is 2.19. The first kappa shape index (κ1) is 17.5. The van der Waals surface area contributed by atoms with Crippen molar-refractivity contribution < 1.29 is 4.79 Å². The molecule has 3 rings (SSSR count). The van der Waals surface area contributed by atoms with E-state index < -0.39 is 0 Å². The Morgan fingerprint density at radius 3 is 2.32 bits per heavy atom. The molecule has 0 bridgehead atoms. The highest BCUT2D eigenvalue weighted by molar-refractivity contribution is 5.92. The SMILES string of the molecule is CC(=O)Nc1ccccc1NC1CCN(CCc2ccccc2)CC1. The van der Waals surface area contributed by atoms with Crippen molar-refractivity contribution in [3.8, 4) is 0 Å². The number of carbonyl (C=O) groups is 1. The van der Waals surface area contributed by atoms with E-state index in [1.165, 1.54) is 5.56 Å². The van der Waals surface area contributed by atoms with Crippen LogP contribution in [-0.4, -0.2) is 36.5 Å². The molecule has 4 nitrogen and oxygen atoms in total. The lowest BCUT2D eigenvalue weighted by Crippen LogP contribution is -2.40. The second kappa shape index (κ2) is 8.67. The molecule has 132 valence electrons. The molecule has 4 heteroatoms. The zero-order chi connectivity index (χ0) is 17.5. The third-order valence-electron chi connectivity index (χ3n) is 4.74. The van der Waals surface area contributed by atoms with Crippen molar-refractivity contribution in [3.05, 3.63) is 60.2 Å². The summed E-state index contributed by atoms with van der Waals surface area (Å²) in [5.74, 6) is -0.0371. The first-order valence-corrected chi connectivity index (χ1v) is 9.10. The van der Waals surface area contributed by atoms with Gasteiger partial charge in [-0.3, -0.25) is 4.79 Å². The number of carbonyl (C=O) groups excluding carboxylic acids is 1. The summed E-state index contributed by atoms with van der Waals surface area (Å²) in [7, 11) is 0. The Labute approximate surface area is 150 Å². The topological polar surface area (TPSA) is 44.4 Å². The van der Waals surface area contributed by atoms with Gasteiger partial charge in [-0.05, 0) is 37.0 Å². The number of hydrogen-bond acceptors (Lipinski definition) is 3. The fraction of sp³-hybridized carbons (Fsp3) is 0.381. The van der Waals surface area contributed by atoms with Gasteiger partial charge in [0.05, 0.1) is 11.4 Å². The molecule has 2 aromatic rings. The summed E-state index contributed by atoms with van der Waals surface area (Å²) in [4.78, 5) is 13.9. The monoisotopic (exact) mass is 337 g/mol. The van der Waals surface area contributed by atoms with Crippen molar-refractivity contribution in [2.75, 3.05) is 30.3 Å². The Morgan fingerprint density at radius 2 is 1.64 bits per heavy atom. The van der Waals surface area contributed by atoms with Crippen LogP contribution in [0.25, 0.3) is 0 Å². The Morgan fingerprint density at radius 1 is 1.00 bits per heavy atom. The van der Waals surface area contributed by atoms with Gasteiger partial charge in [-0.2, -0.15) is 0 Å². The van der Waals surface area contributed by atoms with Crippen molar-refractivity contribution in [3.63, 3.8) is 0 Å². The van der Waals surface area contributed by atoms with Crippen LogP contribution >= 0.6 is 0 Å². The zero-order valence-electron chi connectivity index (χ0n) is 14.9. The summed E-state index contributed by atoms with van der Waals surface area (Å²) in [6.07, 6.45) is 3.37. The number of nitrogens with zero attached hydrogens (tertiary/aromatic N) is 1. The number of hydrogen-bond donors (Lipinski definition) is 2. The normalized spacial score (nSPS) is 15.7. The Balaban J connectivity index is 1.47. The number of amides is 1. The van der Waals surface area contributed by atoms with E-state index in [2.05, 4.69) is 45.9 Å². The predicted octanol–water partition coefficient (Wildman–Crippen LogP) is 3.76. The number of piperidine rings is 1. The maximum Gasteiger partial charge on any atom is 0.221 e. The van der Waals surface area contributed by atoms with E-state index in [4.69, 9.17) is 0 Å². The molecule has 2 N–H and O–H groups in total. The Hall–Kier alpha value is -2.33. The summed E-state index contributed by atoms with van der Waals surface area (Å²) >= 11 is 0. The van der Waals surface area contributed by atoms with Crippen molar-refractivity contribution in [2.45, 2.75) is 32.2 Å². The van der Waals surface area contributed by atoms with Crippen LogP contribution < -0.4 is 10.6 Å². The molecule has 1 amide bonds. The highest BCUT2D eigenvalue weighted by atomic mass is 16.1. The first-order valence-electron chi connectivity index (χ1n) is 9.10. The van der Waals surface area contributed by atoms with Gasteiger partial charge in [0.25, 0.3) is 0 Å². The van der Waals surface area contributed by atoms with Crippen molar-refractivity contribution in [1.82, 2.24) is 4.90 Å². The van der Waals surface area contributed by atoms with Crippen LogP contribution in [0.5, 0.6) is 0 Å². The molecule has 1 saturated heterocycles. The Bertz CT molecular complexity index is 679. The van der Waals surface area contributed by atoms with Crippen LogP contribution in [0, 0.1) is 0 Å². The molecule has 0 aromatic heterocycles. The van der Waals surface area contributed by atoms with E-state index in [1.807, 2.05) is 24.3 Å². The molecule has 1 fully saturated rings. The zero-order valence-corrected chi connectivity index (χ0v) is 14.9. The second-order valence-corrected chi connectivity index (χ2v) is 6.72. The molecule has 0 radical (unpaired) electrons. The van der Waals surface area contributed by atoms with Gasteiger partial charge in [0.2, 0.25) is 5.91 Å². The lowest BCUT2D eigenvalue weighted by molar-refractivity contribution is -0.114. The van der Waals surface area contributed by atoms with Crippen LogP contribution in [0.3, 0.4) is 0 Å². The summed E-state index contributed by atoms with van der Waals surface area (Å²) in [5, 5.41) is 6.51. The van der Waals surface area contributed by atoms with Gasteiger partial charge in [-0.25, -0.2) is 0 Å². The average Bonchev–Trinajstić information content (AvgIpc) is 2.63. The van der Waals surface area contributed by atoms with Gasteiger partial charge in [0.15, 0.2) is 0 Å². The van der Waals surface area contributed by atoms with Gasteiger partial charge < -0.3 is 15.5 Å². The third kappa shape index (κ3) is 5.33. The molecule has 2 aromatic carbocycles. The van der Waals surface area contributed by atoms with E-state index in [0.29, 0.717) is 6.04 Å². The molecule has 1 heterocycles. The van der Waals surface area contributed by atoms with Crippen molar-refractivity contribution >= 4 is 17.3 Å². The lowest BCUT2D eigenvalue weighted by atomic mass is 10.0. The standard InChI is InChI=1S/C21H27N3O/c1-17(25)22-20-9-5-6-10-21(20)23-19-12-15-24(16-13-19)14-11-18-7-3-2-4-8-18/h2-10,19,23H,11-16H2,1H3,(H,22,25). The van der Waals surface area contributed by atoms with E-state index >= 15 is 0 Å². The van der Waals surface area contributed by atoms with Gasteiger partial charge in [-0.1, -0.05) is 42.5 Å². The fourth-order valence-electron chi connectivity index (χ4n) is 3.36. The summed E-state index contributed by atoms with van der Waals surface area (Å²) < 4.78 is 0. The largest absolute Gasteiger partial charge is 0.381 e. The van der Waals surface area contributed by atoms with Crippen LogP contribution in [0.15, 0.2) is 54.6 Å². The molecule has 1 aliphatic heterocycles. The van der Waals surface area contributed by atoms with Crippen molar-refractivity contribution in [1.29, 1.82) is 0 Å². The maximum atomic E-state index is 11.3. The van der Waals surface area contributed by atoms with Crippen LogP contribution in [0.4, 0.5) is 11.4 Å². The maximum absolute atomic E-state index is 11.3. The predicted molar refractivity (Wildman–Crippen MR) is 104 cm³/mol. The number of para-hydroxylation sites is 2. The number of benzene rings is 2. The minimum atomic E-state index is -0.0371. The first-order chi connectivity index (χ1) is 12.2. The molecule has 0 aliphatic carbocycles. The van der Waals surface area contributed by atoms with Crippen LogP contribution in [-0.2, 0) is 11.2 Å². The molecule has 25 heavy (non-hydrogen) atoms. The number of nitrogens with one attached hydrogen (secondary N) is 2. The second-order valence-electron chi connectivity index (χ2n) is 6.72. The molecule has 0 atom stereocenters. The molecular weight excluding hydrogens is 310 g/mol. The summed E-state index contributed by atoms with van der Waals surface area (Å²) in [5.41, 5.74) is 3.29. The number of likely N-dealkylation sites (tertiary alicyclic amines) is 1. The minimum absolute atomic E-state index is 0.0371. The summed E-state index contributed by atoms with van der Waals surface area (Å²) in [6.45, 7) is 4.90. The lowest BCUT2D eigenvalue weighted by Gasteiger charge is -2.33. The quantitative estimate of drug-likeness (QED) is 0.843. The van der Waals surface area contributed by atoms with E-state index in [-0.39, 0.29) is 5.91 Å². The molecule has 1 aliphatic rings. The number of anilines is 2. The van der Waals surface area contributed by atoms with Gasteiger partial charge in [0, 0.05) is 32.6 Å². The van der Waals surface area contributed by atoms with Crippen molar-refractivity contribution in [2.24, 2.45) is 0 Å². The average molecular weight is 337 g/mol. The van der Waals surface area contributed by atoms with Crippen LogP contribution in [0.2, 0.25) is 0 Å². The number of rotatable bonds is 6. The van der Waals surface area contributed by atoms with Gasteiger partial charge in [-0.15, -0.1) is 0 Å². The Kier molecular flexibility index (Phi) is 6.07. The molecule has 0 spiro atoms. The molecule has 0 saturated carbocycles. The fourth-order valence-corrected chi connectivity index (χ4v) is 3.36. The minimum Gasteiger partial charge on any atom is -0.381 e. The summed E-state index contributed by atoms with van der Waals surface area (Å²) in [6, 6.07) is 19.1. The third-order valence-corrected chi connectivity index (χ3v) is 4.74. The molecule has 0 unspecified atom stereocenters. The highest BCUT2D eigenvalue weighted by Crippen LogP contribution is 2.24. The van der Waals surface area contributed by atoms with Gasteiger partial charge in [0.1, 0.15) is 0 Å². The van der Waals surface area contributed by atoms with E-state index in [0.717, 1.165) is 50.3 Å².